The third-order valence-electron chi connectivity index (χ3n) is 2.76. The molecule has 0 bridgehead atoms. The van der Waals surface area contributed by atoms with Gasteiger partial charge in [0, 0.05) is 0 Å². The SMILES string of the molecule is CCOC(=O)c1ncn(Cc2cccc(C#N)c2)c1N. The van der Waals surface area contributed by atoms with E-state index in [0.717, 1.165) is 5.56 Å². The lowest BCUT2D eigenvalue weighted by atomic mass is 10.1. The summed E-state index contributed by atoms with van der Waals surface area (Å²) in [5.74, 6) is -0.277. The van der Waals surface area contributed by atoms with Crippen LogP contribution in [-0.2, 0) is 11.3 Å². The Morgan fingerprint density at radius 3 is 3.05 bits per heavy atom. The van der Waals surface area contributed by atoms with E-state index in [9.17, 15) is 4.79 Å². The molecule has 6 nitrogen and oxygen atoms in total. The number of hydrogen-bond donors (Lipinski definition) is 1. The molecule has 0 amide bonds. The highest BCUT2D eigenvalue weighted by Crippen LogP contribution is 2.14. The maximum Gasteiger partial charge on any atom is 0.360 e. The van der Waals surface area contributed by atoms with Crippen molar-refractivity contribution in [3.05, 3.63) is 47.4 Å². The minimum absolute atomic E-state index is 0.114. The molecule has 1 heterocycles. The van der Waals surface area contributed by atoms with Crippen LogP contribution in [0.2, 0.25) is 0 Å². The van der Waals surface area contributed by atoms with Gasteiger partial charge in [-0.2, -0.15) is 5.26 Å². The van der Waals surface area contributed by atoms with Gasteiger partial charge in [-0.15, -0.1) is 0 Å². The molecule has 0 atom stereocenters. The molecule has 1 aromatic heterocycles. The Labute approximate surface area is 116 Å². The molecule has 2 N–H and O–H groups in total. The number of aromatic nitrogens is 2. The van der Waals surface area contributed by atoms with Crippen LogP contribution in [0.3, 0.4) is 0 Å². The Bertz CT molecular complexity index is 670. The summed E-state index contributed by atoms with van der Waals surface area (Å²) in [4.78, 5) is 15.6. The van der Waals surface area contributed by atoms with E-state index in [0.29, 0.717) is 12.1 Å². The van der Waals surface area contributed by atoms with Crippen LogP contribution in [0, 0.1) is 11.3 Å². The van der Waals surface area contributed by atoms with Gasteiger partial charge >= 0.3 is 5.97 Å². The number of carbonyl (C=O) groups is 1. The highest BCUT2D eigenvalue weighted by atomic mass is 16.5. The van der Waals surface area contributed by atoms with Crippen molar-refractivity contribution in [2.45, 2.75) is 13.5 Å². The minimum Gasteiger partial charge on any atom is -0.461 e. The van der Waals surface area contributed by atoms with Crippen molar-refractivity contribution in [1.82, 2.24) is 9.55 Å². The number of nitriles is 1. The van der Waals surface area contributed by atoms with Crippen LogP contribution in [-0.4, -0.2) is 22.1 Å². The van der Waals surface area contributed by atoms with Crippen molar-refractivity contribution in [1.29, 1.82) is 5.26 Å². The van der Waals surface area contributed by atoms with E-state index in [1.165, 1.54) is 6.33 Å². The predicted molar refractivity (Wildman–Crippen MR) is 72.9 cm³/mol. The van der Waals surface area contributed by atoms with Gasteiger partial charge in [0.05, 0.1) is 31.1 Å². The Balaban J connectivity index is 2.22. The summed E-state index contributed by atoms with van der Waals surface area (Å²) in [5, 5.41) is 8.86. The first-order valence-electron chi connectivity index (χ1n) is 6.12. The predicted octanol–water partition coefficient (Wildman–Crippen LogP) is 1.56. The molecule has 0 radical (unpaired) electrons. The summed E-state index contributed by atoms with van der Waals surface area (Å²) in [6, 6.07) is 9.25. The fraction of sp³-hybridized carbons (Fsp3) is 0.214. The van der Waals surface area contributed by atoms with Crippen LogP contribution in [0.5, 0.6) is 0 Å². The van der Waals surface area contributed by atoms with Gasteiger partial charge in [-0.05, 0) is 24.6 Å². The molecule has 102 valence electrons. The molecule has 0 unspecified atom stereocenters. The number of nitrogens with zero attached hydrogens (tertiary/aromatic N) is 3. The highest BCUT2D eigenvalue weighted by Gasteiger charge is 2.16. The van der Waals surface area contributed by atoms with E-state index in [1.807, 2.05) is 6.07 Å². The molecule has 0 fully saturated rings. The zero-order valence-electron chi connectivity index (χ0n) is 11.0. The zero-order valence-corrected chi connectivity index (χ0v) is 11.0. The Morgan fingerprint density at radius 2 is 2.35 bits per heavy atom. The van der Waals surface area contributed by atoms with Crippen molar-refractivity contribution >= 4 is 11.8 Å². The van der Waals surface area contributed by atoms with E-state index >= 15 is 0 Å². The molecule has 2 rings (SSSR count). The fourth-order valence-corrected chi connectivity index (χ4v) is 1.81. The summed E-state index contributed by atoms with van der Waals surface area (Å²) in [7, 11) is 0. The molecule has 20 heavy (non-hydrogen) atoms. The normalized spacial score (nSPS) is 10.0. The second-order valence-corrected chi connectivity index (χ2v) is 4.14. The van der Waals surface area contributed by atoms with Crippen molar-refractivity contribution in [3.63, 3.8) is 0 Å². The first-order valence-corrected chi connectivity index (χ1v) is 6.12. The summed E-state index contributed by atoms with van der Waals surface area (Å²) in [6.45, 7) is 2.43. The highest BCUT2D eigenvalue weighted by molar-refractivity contribution is 5.92. The number of ether oxygens (including phenoxy) is 1. The molecule has 2 aromatic rings. The van der Waals surface area contributed by atoms with E-state index < -0.39 is 5.97 Å². The lowest BCUT2D eigenvalue weighted by Crippen LogP contribution is -2.10. The second kappa shape index (κ2) is 5.89. The van der Waals surface area contributed by atoms with Gasteiger partial charge in [0.25, 0.3) is 0 Å². The number of nitrogen functional groups attached to an aromatic ring is 1. The Kier molecular flexibility index (Phi) is 4.01. The van der Waals surface area contributed by atoms with Gasteiger partial charge in [-0.1, -0.05) is 12.1 Å². The van der Waals surface area contributed by atoms with E-state index in [1.54, 1.807) is 29.7 Å². The van der Waals surface area contributed by atoms with Gasteiger partial charge in [-0.3, -0.25) is 0 Å². The molecular weight excluding hydrogens is 256 g/mol. The maximum absolute atomic E-state index is 11.6. The summed E-state index contributed by atoms with van der Waals surface area (Å²) < 4.78 is 6.51. The van der Waals surface area contributed by atoms with Crippen LogP contribution in [0.15, 0.2) is 30.6 Å². The number of anilines is 1. The molecule has 0 aliphatic rings. The number of esters is 1. The van der Waals surface area contributed by atoms with Crippen LogP contribution in [0.25, 0.3) is 0 Å². The van der Waals surface area contributed by atoms with E-state index in [2.05, 4.69) is 11.1 Å². The van der Waals surface area contributed by atoms with Gasteiger partial charge in [-0.25, -0.2) is 9.78 Å². The molecule has 0 saturated heterocycles. The maximum atomic E-state index is 11.6. The number of imidazole rings is 1. The van der Waals surface area contributed by atoms with E-state index in [4.69, 9.17) is 15.7 Å². The minimum atomic E-state index is -0.533. The Hall–Kier alpha value is -2.81. The standard InChI is InChI=1S/C14H14N4O2/c1-2-20-14(19)12-13(16)18(9-17-12)8-11-5-3-4-10(6-11)7-15/h3-6,9H,2,8,16H2,1H3. The van der Waals surface area contributed by atoms with Crippen molar-refractivity contribution in [2.75, 3.05) is 12.3 Å². The number of benzene rings is 1. The van der Waals surface area contributed by atoms with Crippen molar-refractivity contribution in [3.8, 4) is 6.07 Å². The quantitative estimate of drug-likeness (QED) is 0.851. The van der Waals surface area contributed by atoms with Crippen LogP contribution >= 0.6 is 0 Å². The number of hydrogen-bond acceptors (Lipinski definition) is 5. The molecular formula is C14H14N4O2. The average molecular weight is 270 g/mol. The third kappa shape index (κ3) is 2.78. The number of nitrogens with two attached hydrogens (primary N) is 1. The van der Waals surface area contributed by atoms with Gasteiger partial charge in [0.15, 0.2) is 5.69 Å². The average Bonchev–Trinajstić information content (AvgIpc) is 2.81. The summed E-state index contributed by atoms with van der Waals surface area (Å²) >= 11 is 0. The van der Waals surface area contributed by atoms with Crippen molar-refractivity contribution in [2.24, 2.45) is 0 Å². The fourth-order valence-electron chi connectivity index (χ4n) is 1.81. The molecule has 0 spiro atoms. The molecule has 6 heteroatoms. The zero-order chi connectivity index (χ0) is 14.5. The molecule has 0 aliphatic carbocycles. The van der Waals surface area contributed by atoms with Crippen molar-refractivity contribution < 1.29 is 9.53 Å². The molecule has 0 saturated carbocycles. The van der Waals surface area contributed by atoms with Crippen LogP contribution in [0.1, 0.15) is 28.5 Å². The first kappa shape index (κ1) is 13.6. The summed E-state index contributed by atoms with van der Waals surface area (Å²) in [5.41, 5.74) is 7.48. The third-order valence-corrected chi connectivity index (χ3v) is 2.76. The number of rotatable bonds is 4. The van der Waals surface area contributed by atoms with Crippen LogP contribution < -0.4 is 5.73 Å². The Morgan fingerprint density at radius 1 is 1.55 bits per heavy atom. The van der Waals surface area contributed by atoms with E-state index in [-0.39, 0.29) is 18.1 Å². The van der Waals surface area contributed by atoms with Crippen LogP contribution in [0.4, 0.5) is 5.82 Å². The topological polar surface area (TPSA) is 93.9 Å². The monoisotopic (exact) mass is 270 g/mol. The lowest BCUT2D eigenvalue weighted by molar-refractivity contribution is 0.0521. The first-order chi connectivity index (χ1) is 9.65. The van der Waals surface area contributed by atoms with Gasteiger partial charge in [0.2, 0.25) is 0 Å². The summed E-state index contributed by atoms with van der Waals surface area (Å²) in [6.07, 6.45) is 1.49. The smallest absolute Gasteiger partial charge is 0.360 e. The lowest BCUT2D eigenvalue weighted by Gasteiger charge is -2.06. The van der Waals surface area contributed by atoms with Gasteiger partial charge < -0.3 is 15.0 Å². The largest absolute Gasteiger partial charge is 0.461 e. The number of carbonyl (C=O) groups excluding carboxylic acids is 1. The molecule has 0 aliphatic heterocycles. The van der Waals surface area contributed by atoms with Gasteiger partial charge in [0.1, 0.15) is 5.82 Å². The second-order valence-electron chi connectivity index (χ2n) is 4.14. The molecule has 1 aromatic carbocycles.